The van der Waals surface area contributed by atoms with Crippen molar-refractivity contribution in [3.05, 3.63) is 29.8 Å². The topological polar surface area (TPSA) is 66.9 Å². The van der Waals surface area contributed by atoms with Crippen molar-refractivity contribution >= 4 is 15.9 Å². The molecule has 3 rings (SSSR count). The van der Waals surface area contributed by atoms with Gasteiger partial charge in [0.25, 0.3) is 0 Å². The van der Waals surface area contributed by atoms with Gasteiger partial charge in [-0.3, -0.25) is 4.79 Å². The molecule has 7 heteroatoms. The zero-order valence-electron chi connectivity index (χ0n) is 17.2. The zero-order valence-corrected chi connectivity index (χ0v) is 18.0. The number of rotatable bonds is 6. The average molecular weight is 409 g/mol. The normalized spacial score (nSPS) is 21.8. The summed E-state index contributed by atoms with van der Waals surface area (Å²) in [6.07, 6.45) is 2.56. The van der Waals surface area contributed by atoms with Crippen LogP contribution in [0.15, 0.2) is 24.3 Å². The third-order valence-corrected chi connectivity index (χ3v) is 8.11. The summed E-state index contributed by atoms with van der Waals surface area (Å²) in [5.74, 6) is 1.25. The summed E-state index contributed by atoms with van der Waals surface area (Å²) in [7, 11) is -3.17. The van der Waals surface area contributed by atoms with Crippen LogP contribution in [0.2, 0.25) is 0 Å². The molecule has 1 saturated heterocycles. The molecule has 2 heterocycles. The minimum absolute atomic E-state index is 0.104. The summed E-state index contributed by atoms with van der Waals surface area (Å²) in [5.41, 5.74) is 0.708. The van der Waals surface area contributed by atoms with Crippen LogP contribution in [0.1, 0.15) is 57.9 Å². The number of para-hydroxylation sites is 1. The first-order chi connectivity index (χ1) is 13.3. The lowest BCUT2D eigenvalue weighted by Gasteiger charge is -2.46. The molecule has 0 bridgehead atoms. The van der Waals surface area contributed by atoms with Gasteiger partial charge in [0.2, 0.25) is 15.9 Å². The number of hydrogen-bond acceptors (Lipinski definition) is 4. The van der Waals surface area contributed by atoms with E-state index in [1.54, 1.807) is 11.2 Å². The monoisotopic (exact) mass is 408 g/mol. The lowest BCUT2D eigenvalue weighted by molar-refractivity contribution is -0.131. The quantitative estimate of drug-likeness (QED) is 0.726. The Kier molecular flexibility index (Phi) is 6.34. The first kappa shape index (κ1) is 21.1. The molecule has 28 heavy (non-hydrogen) atoms. The molecule has 1 spiro atoms. The number of amides is 1. The van der Waals surface area contributed by atoms with Crippen LogP contribution < -0.4 is 4.74 Å². The van der Waals surface area contributed by atoms with Crippen LogP contribution in [0.3, 0.4) is 0 Å². The van der Waals surface area contributed by atoms with Gasteiger partial charge in [-0.2, -0.15) is 0 Å². The minimum Gasteiger partial charge on any atom is -0.487 e. The number of sulfonamides is 1. The number of ether oxygens (including phenoxy) is 1. The number of piperidine rings is 1. The van der Waals surface area contributed by atoms with Gasteiger partial charge in [0.05, 0.1) is 5.75 Å². The second-order valence-electron chi connectivity index (χ2n) is 7.79. The van der Waals surface area contributed by atoms with Crippen LogP contribution in [0.25, 0.3) is 0 Å². The number of carbonyl (C=O) groups excluding carboxylic acids is 1. The summed E-state index contributed by atoms with van der Waals surface area (Å²) in [4.78, 5) is 14.7. The third-order valence-electron chi connectivity index (χ3n) is 6.23. The van der Waals surface area contributed by atoms with Gasteiger partial charge in [0.15, 0.2) is 0 Å². The fraction of sp³-hybridized carbons (Fsp3) is 0.667. The van der Waals surface area contributed by atoms with Gasteiger partial charge in [-0.25, -0.2) is 12.7 Å². The fourth-order valence-corrected chi connectivity index (χ4v) is 5.61. The Morgan fingerprint density at radius 2 is 1.82 bits per heavy atom. The summed E-state index contributed by atoms with van der Waals surface area (Å²) in [6, 6.07) is 7.97. The Hall–Kier alpha value is -1.60. The molecule has 1 fully saturated rings. The standard InChI is InChI=1S/C21H32N2O4S/c1-4-22(5-2)20(24)15-17-16-21(27-19-10-8-7-9-18(17)19)11-13-23(14-12-21)28(25,26)6-3/h7-10,17H,4-6,11-16H2,1-3H3/t17-/m0/s1. The van der Waals surface area contributed by atoms with Gasteiger partial charge in [-0.1, -0.05) is 18.2 Å². The van der Waals surface area contributed by atoms with Crippen molar-refractivity contribution < 1.29 is 17.9 Å². The highest BCUT2D eigenvalue weighted by molar-refractivity contribution is 7.89. The Bertz CT molecular complexity index is 796. The summed E-state index contributed by atoms with van der Waals surface area (Å²) < 4.78 is 32.4. The minimum atomic E-state index is -3.17. The van der Waals surface area contributed by atoms with E-state index in [4.69, 9.17) is 4.74 Å². The Morgan fingerprint density at radius 1 is 1.18 bits per heavy atom. The Morgan fingerprint density at radius 3 is 2.43 bits per heavy atom. The Labute approximate surface area is 168 Å². The van der Waals surface area contributed by atoms with Gasteiger partial charge in [-0.05, 0) is 38.8 Å². The first-order valence-corrected chi connectivity index (χ1v) is 12.0. The molecule has 1 aromatic rings. The van der Waals surface area contributed by atoms with E-state index in [1.165, 1.54) is 0 Å². The van der Waals surface area contributed by atoms with Crippen molar-refractivity contribution in [2.75, 3.05) is 31.9 Å². The molecular formula is C21H32N2O4S. The van der Waals surface area contributed by atoms with Crippen LogP contribution >= 0.6 is 0 Å². The highest BCUT2D eigenvalue weighted by atomic mass is 32.2. The van der Waals surface area contributed by atoms with Crippen LogP contribution in [0.4, 0.5) is 0 Å². The number of hydrogen-bond donors (Lipinski definition) is 0. The molecule has 0 radical (unpaired) electrons. The molecular weight excluding hydrogens is 376 g/mol. The van der Waals surface area contributed by atoms with Crippen molar-refractivity contribution in [3.63, 3.8) is 0 Å². The molecule has 0 aromatic heterocycles. The maximum Gasteiger partial charge on any atom is 0.223 e. The SMILES string of the molecule is CCN(CC)C(=O)C[C@H]1CC2(CCN(S(=O)(=O)CC)CC2)Oc2ccccc21. The molecule has 1 atom stereocenters. The van der Waals surface area contributed by atoms with Crippen LogP contribution in [0.5, 0.6) is 5.75 Å². The lowest BCUT2D eigenvalue weighted by Crippen LogP contribution is -2.52. The van der Waals surface area contributed by atoms with Gasteiger partial charge in [0, 0.05) is 51.4 Å². The summed E-state index contributed by atoms with van der Waals surface area (Å²) in [6.45, 7) is 8.09. The zero-order chi connectivity index (χ0) is 20.4. The highest BCUT2D eigenvalue weighted by Crippen LogP contribution is 2.46. The van der Waals surface area contributed by atoms with E-state index in [-0.39, 0.29) is 23.2 Å². The maximum absolute atomic E-state index is 12.8. The molecule has 2 aliphatic heterocycles. The predicted molar refractivity (Wildman–Crippen MR) is 110 cm³/mol. The number of fused-ring (bicyclic) bond motifs is 1. The molecule has 0 unspecified atom stereocenters. The first-order valence-electron chi connectivity index (χ1n) is 10.4. The second kappa shape index (κ2) is 8.41. The van der Waals surface area contributed by atoms with Crippen LogP contribution in [0, 0.1) is 0 Å². The number of carbonyl (C=O) groups is 1. The van der Waals surface area contributed by atoms with Crippen molar-refractivity contribution in [2.24, 2.45) is 0 Å². The van der Waals surface area contributed by atoms with Gasteiger partial charge in [-0.15, -0.1) is 0 Å². The molecule has 0 saturated carbocycles. The van der Waals surface area contributed by atoms with Crippen LogP contribution in [-0.4, -0.2) is 61.1 Å². The fourth-order valence-electron chi connectivity index (χ4n) is 4.50. The average Bonchev–Trinajstić information content (AvgIpc) is 2.69. The highest BCUT2D eigenvalue weighted by Gasteiger charge is 2.45. The molecule has 0 N–H and O–H groups in total. The molecule has 2 aliphatic rings. The molecule has 6 nitrogen and oxygen atoms in total. The van der Waals surface area contributed by atoms with Gasteiger partial charge >= 0.3 is 0 Å². The van der Waals surface area contributed by atoms with Gasteiger partial charge < -0.3 is 9.64 Å². The largest absolute Gasteiger partial charge is 0.487 e. The summed E-state index contributed by atoms with van der Waals surface area (Å²) in [5, 5.41) is 0. The van der Waals surface area contributed by atoms with E-state index in [1.807, 2.05) is 36.9 Å². The Balaban J connectivity index is 1.80. The predicted octanol–water partition coefficient (Wildman–Crippen LogP) is 3.00. The lowest BCUT2D eigenvalue weighted by atomic mass is 9.76. The molecule has 0 aliphatic carbocycles. The molecule has 1 aromatic carbocycles. The maximum atomic E-state index is 12.8. The van der Waals surface area contributed by atoms with E-state index < -0.39 is 10.0 Å². The van der Waals surface area contributed by atoms with Gasteiger partial charge in [0.1, 0.15) is 11.4 Å². The second-order valence-corrected chi connectivity index (χ2v) is 10.1. The van der Waals surface area contributed by atoms with E-state index in [2.05, 4.69) is 6.07 Å². The van der Waals surface area contributed by atoms with Crippen molar-refractivity contribution in [1.29, 1.82) is 0 Å². The smallest absolute Gasteiger partial charge is 0.223 e. The molecule has 156 valence electrons. The van der Waals surface area contributed by atoms with Crippen molar-refractivity contribution in [1.82, 2.24) is 9.21 Å². The number of nitrogens with zero attached hydrogens (tertiary/aromatic N) is 2. The van der Waals surface area contributed by atoms with Crippen molar-refractivity contribution in [3.8, 4) is 5.75 Å². The van der Waals surface area contributed by atoms with E-state index >= 15 is 0 Å². The van der Waals surface area contributed by atoms with Crippen LogP contribution in [-0.2, 0) is 14.8 Å². The van der Waals surface area contributed by atoms with E-state index in [9.17, 15) is 13.2 Å². The third kappa shape index (κ3) is 4.20. The van der Waals surface area contributed by atoms with E-state index in [0.29, 0.717) is 32.4 Å². The summed E-state index contributed by atoms with van der Waals surface area (Å²) >= 11 is 0. The van der Waals surface area contributed by atoms with E-state index in [0.717, 1.165) is 30.8 Å². The molecule has 1 amide bonds. The number of benzene rings is 1. The van der Waals surface area contributed by atoms with Crippen molar-refractivity contribution in [2.45, 2.75) is 58.0 Å².